The van der Waals surface area contributed by atoms with Crippen molar-refractivity contribution < 1.29 is 0 Å². The molecule has 6 nitrogen and oxygen atoms in total. The topological polar surface area (TPSA) is 50.1 Å². The van der Waals surface area contributed by atoms with E-state index in [1.165, 1.54) is 5.56 Å². The molecule has 0 N–H and O–H groups in total. The molecular weight excluding hydrogens is 300 g/mol. The number of anilines is 1. The molecule has 1 aliphatic rings. The van der Waals surface area contributed by atoms with Crippen LogP contribution in [0, 0.1) is 6.92 Å². The lowest BCUT2D eigenvalue weighted by Gasteiger charge is -2.35. The Kier molecular flexibility index (Phi) is 5.25. The molecule has 1 fully saturated rings. The van der Waals surface area contributed by atoms with Crippen LogP contribution in [0.4, 0.5) is 5.82 Å². The third-order valence-corrected chi connectivity index (χ3v) is 4.33. The highest BCUT2D eigenvalue weighted by atomic mass is 15.3. The summed E-state index contributed by atoms with van der Waals surface area (Å²) >= 11 is 0. The average Bonchev–Trinajstić information content (AvgIpc) is 3.03. The average molecular weight is 326 g/mol. The van der Waals surface area contributed by atoms with Gasteiger partial charge < -0.3 is 4.90 Å². The van der Waals surface area contributed by atoms with E-state index in [1.807, 2.05) is 19.3 Å². The maximum Gasteiger partial charge on any atom is 0.132 e. The van der Waals surface area contributed by atoms with Crippen molar-refractivity contribution in [2.24, 2.45) is 0 Å². The van der Waals surface area contributed by atoms with Crippen LogP contribution in [0.15, 0.2) is 25.0 Å². The minimum Gasteiger partial charge on any atom is -0.354 e. The monoisotopic (exact) mass is 326 g/mol. The maximum atomic E-state index is 4.64. The zero-order valence-corrected chi connectivity index (χ0v) is 14.6. The lowest BCUT2D eigenvalue weighted by atomic mass is 10.2. The van der Waals surface area contributed by atoms with E-state index in [4.69, 9.17) is 0 Å². The molecule has 1 saturated heterocycles. The van der Waals surface area contributed by atoms with Crippen molar-refractivity contribution in [1.82, 2.24) is 24.6 Å². The molecule has 6 heteroatoms. The van der Waals surface area contributed by atoms with Crippen molar-refractivity contribution in [3.63, 3.8) is 0 Å². The fourth-order valence-corrected chi connectivity index (χ4v) is 3.11. The first-order valence-electron chi connectivity index (χ1n) is 8.65. The fourth-order valence-electron chi connectivity index (χ4n) is 3.11. The number of aryl methyl sites for hydroxylation is 2. The van der Waals surface area contributed by atoms with Gasteiger partial charge in [0.1, 0.15) is 11.6 Å². The minimum atomic E-state index is 0.871. The van der Waals surface area contributed by atoms with Crippen molar-refractivity contribution in [1.29, 1.82) is 0 Å². The highest BCUT2D eigenvalue weighted by Crippen LogP contribution is 2.17. The second kappa shape index (κ2) is 7.57. The molecule has 0 amide bonds. The maximum absolute atomic E-state index is 4.64. The molecule has 2 aromatic rings. The number of hydrogen-bond donors (Lipinski definition) is 0. The van der Waals surface area contributed by atoms with Gasteiger partial charge in [-0.2, -0.15) is 5.10 Å². The standard InChI is InChI=1S/C18H26N6/c1-4-6-17-11-18(21-15(3)20-17)23-9-7-22(8-10-23)13-16-12-19-24(5-2)14-16/h5,11-12,14H,2,4,6-10,13H2,1,3H3. The molecule has 0 spiro atoms. The Morgan fingerprint density at radius 2 is 2.00 bits per heavy atom. The highest BCUT2D eigenvalue weighted by molar-refractivity contribution is 5.40. The Balaban J connectivity index is 1.59. The normalized spacial score (nSPS) is 15.7. The van der Waals surface area contributed by atoms with Gasteiger partial charge in [-0.05, 0) is 13.3 Å². The predicted octanol–water partition coefficient (Wildman–Crippen LogP) is 2.36. The fraction of sp³-hybridized carbons (Fsp3) is 0.500. The molecule has 128 valence electrons. The molecule has 3 heterocycles. The summed E-state index contributed by atoms with van der Waals surface area (Å²) in [5, 5.41) is 4.24. The molecule has 0 bridgehead atoms. The van der Waals surface area contributed by atoms with E-state index in [0.717, 1.165) is 62.9 Å². The number of nitrogens with zero attached hydrogens (tertiary/aromatic N) is 6. The van der Waals surface area contributed by atoms with E-state index >= 15 is 0 Å². The summed E-state index contributed by atoms with van der Waals surface area (Å²) in [5.74, 6) is 1.94. The summed E-state index contributed by atoms with van der Waals surface area (Å²) in [6.45, 7) is 12.9. The summed E-state index contributed by atoms with van der Waals surface area (Å²) < 4.78 is 1.75. The van der Waals surface area contributed by atoms with Gasteiger partial charge in [0.25, 0.3) is 0 Å². The molecule has 1 aliphatic heterocycles. The molecule has 0 aliphatic carbocycles. The first-order valence-corrected chi connectivity index (χ1v) is 8.65. The van der Waals surface area contributed by atoms with Crippen molar-refractivity contribution >= 4 is 12.0 Å². The zero-order chi connectivity index (χ0) is 16.9. The van der Waals surface area contributed by atoms with Gasteiger partial charge in [0.2, 0.25) is 0 Å². The lowest BCUT2D eigenvalue weighted by molar-refractivity contribution is 0.249. The third kappa shape index (κ3) is 4.00. The minimum absolute atomic E-state index is 0.871. The first kappa shape index (κ1) is 16.6. The Hall–Kier alpha value is -2.21. The van der Waals surface area contributed by atoms with Gasteiger partial charge >= 0.3 is 0 Å². The van der Waals surface area contributed by atoms with E-state index < -0.39 is 0 Å². The Morgan fingerprint density at radius 1 is 1.21 bits per heavy atom. The van der Waals surface area contributed by atoms with Crippen molar-refractivity contribution in [3.05, 3.63) is 42.1 Å². The molecular formula is C18H26N6. The van der Waals surface area contributed by atoms with E-state index in [1.54, 1.807) is 10.9 Å². The van der Waals surface area contributed by atoms with Crippen molar-refractivity contribution in [2.45, 2.75) is 33.2 Å². The zero-order valence-electron chi connectivity index (χ0n) is 14.6. The second-order valence-corrected chi connectivity index (χ2v) is 6.29. The van der Waals surface area contributed by atoms with Crippen LogP contribution in [-0.2, 0) is 13.0 Å². The van der Waals surface area contributed by atoms with Crippen LogP contribution >= 0.6 is 0 Å². The molecule has 0 radical (unpaired) electrons. The van der Waals surface area contributed by atoms with Gasteiger partial charge in [-0.1, -0.05) is 19.9 Å². The van der Waals surface area contributed by atoms with Crippen LogP contribution in [0.2, 0.25) is 0 Å². The highest BCUT2D eigenvalue weighted by Gasteiger charge is 2.19. The Labute approximate surface area is 143 Å². The van der Waals surface area contributed by atoms with E-state index in [-0.39, 0.29) is 0 Å². The van der Waals surface area contributed by atoms with E-state index in [2.05, 4.69) is 44.4 Å². The lowest BCUT2D eigenvalue weighted by Crippen LogP contribution is -2.46. The number of aromatic nitrogens is 4. The summed E-state index contributed by atoms with van der Waals surface area (Å²) in [5.41, 5.74) is 2.38. The Bertz CT molecular complexity index is 685. The van der Waals surface area contributed by atoms with Crippen LogP contribution in [0.25, 0.3) is 6.20 Å². The second-order valence-electron chi connectivity index (χ2n) is 6.29. The summed E-state index contributed by atoms with van der Waals surface area (Å²) in [6.07, 6.45) is 7.79. The predicted molar refractivity (Wildman–Crippen MR) is 96.9 cm³/mol. The Morgan fingerprint density at radius 3 is 2.67 bits per heavy atom. The molecule has 2 aromatic heterocycles. The quantitative estimate of drug-likeness (QED) is 0.815. The van der Waals surface area contributed by atoms with Crippen molar-refractivity contribution in [3.8, 4) is 0 Å². The van der Waals surface area contributed by atoms with Crippen LogP contribution in [-0.4, -0.2) is 50.8 Å². The summed E-state index contributed by atoms with van der Waals surface area (Å²) in [6, 6.07) is 2.15. The molecule has 24 heavy (non-hydrogen) atoms. The molecule has 0 saturated carbocycles. The van der Waals surface area contributed by atoms with Crippen LogP contribution in [0.5, 0.6) is 0 Å². The van der Waals surface area contributed by atoms with Crippen molar-refractivity contribution in [2.75, 3.05) is 31.1 Å². The molecule has 0 atom stereocenters. The van der Waals surface area contributed by atoms with Gasteiger partial charge in [-0.25, -0.2) is 14.6 Å². The van der Waals surface area contributed by atoms with Gasteiger partial charge in [-0.15, -0.1) is 0 Å². The van der Waals surface area contributed by atoms with Gasteiger partial charge in [0.05, 0.1) is 6.20 Å². The number of rotatable bonds is 6. The number of hydrogen-bond acceptors (Lipinski definition) is 5. The van der Waals surface area contributed by atoms with Crippen LogP contribution in [0.1, 0.15) is 30.4 Å². The van der Waals surface area contributed by atoms with Crippen LogP contribution < -0.4 is 4.90 Å². The first-order chi connectivity index (χ1) is 11.7. The summed E-state index contributed by atoms with van der Waals surface area (Å²) in [7, 11) is 0. The molecule has 0 aromatic carbocycles. The summed E-state index contributed by atoms with van der Waals surface area (Å²) in [4.78, 5) is 14.0. The molecule has 3 rings (SSSR count). The van der Waals surface area contributed by atoms with E-state index in [9.17, 15) is 0 Å². The van der Waals surface area contributed by atoms with Gasteiger partial charge in [0, 0.05) is 62.4 Å². The van der Waals surface area contributed by atoms with Gasteiger partial charge in [0.15, 0.2) is 0 Å². The SMILES string of the molecule is C=Cn1cc(CN2CCN(c3cc(CCC)nc(C)n3)CC2)cn1. The van der Waals surface area contributed by atoms with Crippen LogP contribution in [0.3, 0.4) is 0 Å². The number of piperazine rings is 1. The largest absolute Gasteiger partial charge is 0.354 e. The third-order valence-electron chi connectivity index (χ3n) is 4.33. The van der Waals surface area contributed by atoms with E-state index in [0.29, 0.717) is 0 Å². The molecule has 0 unspecified atom stereocenters. The smallest absolute Gasteiger partial charge is 0.132 e. The van der Waals surface area contributed by atoms with Gasteiger partial charge in [-0.3, -0.25) is 4.90 Å².